The number of nitrogens with zero attached hydrogens (tertiary/aromatic N) is 1. The Bertz CT molecular complexity index is 556. The van der Waals surface area contributed by atoms with Crippen molar-refractivity contribution in [2.45, 2.75) is 12.1 Å². The number of carbonyl (C=O) groups is 1. The molecule has 0 N–H and O–H groups in total. The van der Waals surface area contributed by atoms with Gasteiger partial charge in [-0.05, 0) is 17.7 Å². The minimum Gasteiger partial charge on any atom is -0.468 e. The summed E-state index contributed by atoms with van der Waals surface area (Å²) in [4.78, 5) is 14.1. The zero-order valence-electron chi connectivity index (χ0n) is 11.5. The Hall–Kier alpha value is -1.63. The van der Waals surface area contributed by atoms with Gasteiger partial charge in [-0.3, -0.25) is 4.79 Å². The molecule has 1 aromatic carbocycles. The standard InChI is InChI=1S/C14H14F3NO2S/c1-18-7-10(11(12(18)21)13(19)20-2)8-3-5-9(6-4-8)14(15,16)17/h3-6,10-11H,7H2,1-2H3/t10-,11-/m1/s1. The molecule has 1 saturated heterocycles. The van der Waals surface area contributed by atoms with Gasteiger partial charge in [-0.15, -0.1) is 0 Å². The zero-order chi connectivity index (χ0) is 15.8. The second-order valence-electron chi connectivity index (χ2n) is 4.95. The summed E-state index contributed by atoms with van der Waals surface area (Å²) in [6.07, 6.45) is -4.37. The Morgan fingerprint density at radius 1 is 1.33 bits per heavy atom. The fourth-order valence-corrected chi connectivity index (χ4v) is 2.84. The van der Waals surface area contributed by atoms with E-state index >= 15 is 0 Å². The van der Waals surface area contributed by atoms with Crippen LogP contribution in [0.3, 0.4) is 0 Å². The predicted octanol–water partition coefficient (Wildman–Crippen LogP) is 2.85. The Labute approximate surface area is 125 Å². The summed E-state index contributed by atoms with van der Waals surface area (Å²) < 4.78 is 42.5. The van der Waals surface area contributed by atoms with Crippen LogP contribution >= 0.6 is 12.2 Å². The lowest BCUT2D eigenvalue weighted by atomic mass is 9.88. The quantitative estimate of drug-likeness (QED) is 0.620. The molecule has 0 saturated carbocycles. The number of hydrogen-bond acceptors (Lipinski definition) is 3. The number of esters is 1. The zero-order valence-corrected chi connectivity index (χ0v) is 12.3. The summed E-state index contributed by atoms with van der Waals surface area (Å²) in [6.45, 7) is 0.476. The van der Waals surface area contributed by atoms with E-state index in [9.17, 15) is 18.0 Å². The van der Waals surface area contributed by atoms with Crippen LogP contribution in [-0.2, 0) is 15.7 Å². The number of halogens is 3. The van der Waals surface area contributed by atoms with Gasteiger partial charge in [0.1, 0.15) is 5.92 Å². The number of benzene rings is 1. The second kappa shape index (κ2) is 5.63. The van der Waals surface area contributed by atoms with Gasteiger partial charge in [-0.1, -0.05) is 24.4 Å². The van der Waals surface area contributed by atoms with Crippen LogP contribution in [0.25, 0.3) is 0 Å². The Balaban J connectivity index is 2.31. The molecule has 0 amide bonds. The number of methoxy groups -OCH3 is 1. The first-order chi connectivity index (χ1) is 9.75. The molecular formula is C14H14F3NO2S. The highest BCUT2D eigenvalue weighted by Gasteiger charge is 2.42. The number of alkyl halides is 3. The van der Waals surface area contributed by atoms with Crippen LogP contribution in [0.4, 0.5) is 13.2 Å². The molecule has 1 aliphatic heterocycles. The normalized spacial score (nSPS) is 22.5. The van der Waals surface area contributed by atoms with Gasteiger partial charge >= 0.3 is 12.1 Å². The Morgan fingerprint density at radius 2 is 1.90 bits per heavy atom. The molecule has 0 aliphatic carbocycles. The van der Waals surface area contributed by atoms with E-state index in [1.807, 2.05) is 0 Å². The average molecular weight is 317 g/mol. The van der Waals surface area contributed by atoms with Gasteiger partial charge < -0.3 is 9.64 Å². The van der Waals surface area contributed by atoms with Crippen molar-refractivity contribution in [1.29, 1.82) is 0 Å². The maximum Gasteiger partial charge on any atom is 0.416 e. The highest BCUT2D eigenvalue weighted by Crippen LogP contribution is 2.36. The molecular weight excluding hydrogens is 303 g/mol. The smallest absolute Gasteiger partial charge is 0.416 e. The van der Waals surface area contributed by atoms with Gasteiger partial charge in [0.2, 0.25) is 0 Å². The lowest BCUT2D eigenvalue weighted by Gasteiger charge is -2.17. The first kappa shape index (κ1) is 15.8. The van der Waals surface area contributed by atoms with Crippen LogP contribution in [0, 0.1) is 5.92 Å². The molecule has 2 atom stereocenters. The molecule has 0 bridgehead atoms. The number of likely N-dealkylation sites (N-methyl/N-ethyl adjacent to an activating group) is 1. The molecule has 0 aromatic heterocycles. The summed E-state index contributed by atoms with van der Waals surface area (Å²) in [7, 11) is 3.02. The van der Waals surface area contributed by atoms with Crippen LogP contribution in [0.15, 0.2) is 24.3 Å². The lowest BCUT2D eigenvalue weighted by Crippen LogP contribution is -2.27. The van der Waals surface area contributed by atoms with Crippen LogP contribution < -0.4 is 0 Å². The fraction of sp³-hybridized carbons (Fsp3) is 0.429. The highest BCUT2D eigenvalue weighted by molar-refractivity contribution is 7.80. The Morgan fingerprint density at radius 3 is 2.38 bits per heavy atom. The van der Waals surface area contributed by atoms with E-state index in [1.54, 1.807) is 11.9 Å². The monoisotopic (exact) mass is 317 g/mol. The molecule has 3 nitrogen and oxygen atoms in total. The second-order valence-corrected chi connectivity index (χ2v) is 5.36. The number of likely N-dealkylation sites (tertiary alicyclic amines) is 1. The van der Waals surface area contributed by atoms with Crippen molar-refractivity contribution in [3.05, 3.63) is 35.4 Å². The van der Waals surface area contributed by atoms with Gasteiger partial charge in [0.15, 0.2) is 0 Å². The third-order valence-electron chi connectivity index (χ3n) is 3.64. The Kier molecular flexibility index (Phi) is 4.22. The molecule has 1 heterocycles. The van der Waals surface area contributed by atoms with Crippen molar-refractivity contribution in [3.63, 3.8) is 0 Å². The summed E-state index contributed by atoms with van der Waals surface area (Å²) in [5, 5.41) is 0. The molecule has 0 unspecified atom stereocenters. The molecule has 0 spiro atoms. The molecule has 7 heteroatoms. The van der Waals surface area contributed by atoms with Crippen molar-refractivity contribution in [2.24, 2.45) is 5.92 Å². The SMILES string of the molecule is COC(=O)[C@H]1C(=S)N(C)C[C@@H]1c1ccc(C(F)(F)F)cc1. The van der Waals surface area contributed by atoms with Crippen molar-refractivity contribution < 1.29 is 22.7 Å². The molecule has 2 rings (SSSR count). The third-order valence-corrected chi connectivity index (χ3v) is 4.20. The number of ether oxygens (including phenoxy) is 1. The summed E-state index contributed by atoms with van der Waals surface area (Å²) in [6, 6.07) is 4.83. The molecule has 0 radical (unpaired) electrons. The van der Waals surface area contributed by atoms with Gasteiger partial charge in [0.25, 0.3) is 0 Å². The topological polar surface area (TPSA) is 29.5 Å². The first-order valence-electron chi connectivity index (χ1n) is 6.25. The van der Waals surface area contributed by atoms with Crippen molar-refractivity contribution in [2.75, 3.05) is 20.7 Å². The minimum atomic E-state index is -4.37. The van der Waals surface area contributed by atoms with Crippen LogP contribution in [0.5, 0.6) is 0 Å². The highest BCUT2D eigenvalue weighted by atomic mass is 32.1. The van der Waals surface area contributed by atoms with E-state index in [-0.39, 0.29) is 5.92 Å². The van der Waals surface area contributed by atoms with Crippen LogP contribution in [-0.4, -0.2) is 36.6 Å². The molecule has 1 aliphatic rings. The fourth-order valence-electron chi connectivity index (χ4n) is 2.51. The average Bonchev–Trinajstić information content (AvgIpc) is 2.73. The van der Waals surface area contributed by atoms with Gasteiger partial charge in [-0.2, -0.15) is 13.2 Å². The largest absolute Gasteiger partial charge is 0.468 e. The van der Waals surface area contributed by atoms with Crippen molar-refractivity contribution in [1.82, 2.24) is 4.90 Å². The van der Waals surface area contributed by atoms with Gasteiger partial charge in [-0.25, -0.2) is 0 Å². The van der Waals surface area contributed by atoms with E-state index in [0.29, 0.717) is 17.1 Å². The van der Waals surface area contributed by atoms with Crippen molar-refractivity contribution in [3.8, 4) is 0 Å². The third kappa shape index (κ3) is 3.02. The summed E-state index contributed by atoms with van der Waals surface area (Å²) in [5.74, 6) is -1.39. The maximum atomic E-state index is 12.6. The predicted molar refractivity (Wildman–Crippen MR) is 74.9 cm³/mol. The van der Waals surface area contributed by atoms with E-state index in [1.165, 1.54) is 19.2 Å². The molecule has 114 valence electrons. The van der Waals surface area contributed by atoms with E-state index < -0.39 is 23.6 Å². The summed E-state index contributed by atoms with van der Waals surface area (Å²) >= 11 is 5.21. The van der Waals surface area contributed by atoms with Crippen LogP contribution in [0.1, 0.15) is 17.0 Å². The van der Waals surface area contributed by atoms with Gasteiger partial charge in [0, 0.05) is 19.5 Å². The lowest BCUT2D eigenvalue weighted by molar-refractivity contribution is -0.143. The number of rotatable bonds is 2. The van der Waals surface area contributed by atoms with Crippen molar-refractivity contribution >= 4 is 23.2 Å². The molecule has 21 heavy (non-hydrogen) atoms. The van der Waals surface area contributed by atoms with Crippen LogP contribution in [0.2, 0.25) is 0 Å². The minimum absolute atomic E-state index is 0.294. The molecule has 1 aromatic rings. The summed E-state index contributed by atoms with van der Waals surface area (Å²) in [5.41, 5.74) is -0.0695. The van der Waals surface area contributed by atoms with E-state index in [2.05, 4.69) is 0 Å². The maximum absolute atomic E-state index is 12.6. The number of thiocarbonyl (C=S) groups is 1. The van der Waals surface area contributed by atoms with Gasteiger partial charge in [0.05, 0.1) is 17.7 Å². The number of hydrogen-bond donors (Lipinski definition) is 0. The number of carbonyl (C=O) groups excluding carboxylic acids is 1. The van der Waals surface area contributed by atoms with E-state index in [4.69, 9.17) is 17.0 Å². The first-order valence-corrected chi connectivity index (χ1v) is 6.66. The molecule has 1 fully saturated rings. The van der Waals surface area contributed by atoms with E-state index in [0.717, 1.165) is 12.1 Å².